The first kappa shape index (κ1) is 12.5. The maximum atomic E-state index is 13.9. The summed E-state index contributed by atoms with van der Waals surface area (Å²) in [6.45, 7) is 2.04. The summed E-state index contributed by atoms with van der Waals surface area (Å²) in [6.07, 6.45) is 0.852. The lowest BCUT2D eigenvalue weighted by atomic mass is 10.1. The SMILES string of the molecule is N#Cc1cccc(CN2CCCNC(=O)C2)c1F. The van der Waals surface area contributed by atoms with E-state index < -0.39 is 5.82 Å². The number of halogens is 1. The van der Waals surface area contributed by atoms with Crippen LogP contribution < -0.4 is 5.32 Å². The predicted molar refractivity (Wildman–Crippen MR) is 64.0 cm³/mol. The van der Waals surface area contributed by atoms with Crippen molar-refractivity contribution in [2.24, 2.45) is 0 Å². The van der Waals surface area contributed by atoms with E-state index in [-0.39, 0.29) is 18.0 Å². The van der Waals surface area contributed by atoms with Crippen LogP contribution in [-0.2, 0) is 11.3 Å². The maximum Gasteiger partial charge on any atom is 0.234 e. The summed E-state index contributed by atoms with van der Waals surface area (Å²) in [6, 6.07) is 6.59. The van der Waals surface area contributed by atoms with Crippen molar-refractivity contribution >= 4 is 5.91 Å². The Labute approximate surface area is 105 Å². The molecular formula is C13H14FN3O. The van der Waals surface area contributed by atoms with E-state index in [9.17, 15) is 9.18 Å². The molecule has 0 radical (unpaired) electrons. The molecule has 2 rings (SSSR count). The lowest BCUT2D eigenvalue weighted by Crippen LogP contribution is -2.32. The molecule has 1 amide bonds. The first-order valence-electron chi connectivity index (χ1n) is 5.87. The molecule has 94 valence electrons. The first-order valence-corrected chi connectivity index (χ1v) is 5.87. The molecular weight excluding hydrogens is 233 g/mol. The summed E-state index contributed by atoms with van der Waals surface area (Å²) in [4.78, 5) is 13.3. The summed E-state index contributed by atoms with van der Waals surface area (Å²) in [5.74, 6) is -0.519. The molecule has 1 N–H and O–H groups in total. The Kier molecular flexibility index (Phi) is 3.90. The number of hydrogen-bond acceptors (Lipinski definition) is 3. The van der Waals surface area contributed by atoms with E-state index >= 15 is 0 Å². The molecule has 1 aromatic rings. The van der Waals surface area contributed by atoms with Gasteiger partial charge in [-0.1, -0.05) is 12.1 Å². The maximum absolute atomic E-state index is 13.9. The van der Waals surface area contributed by atoms with Gasteiger partial charge in [-0.3, -0.25) is 9.69 Å². The Morgan fingerprint density at radius 3 is 3.11 bits per heavy atom. The summed E-state index contributed by atoms with van der Waals surface area (Å²) in [5.41, 5.74) is 0.510. The molecule has 1 aliphatic rings. The van der Waals surface area contributed by atoms with Gasteiger partial charge in [0.2, 0.25) is 5.91 Å². The van der Waals surface area contributed by atoms with Gasteiger partial charge in [-0.15, -0.1) is 0 Å². The van der Waals surface area contributed by atoms with Crippen molar-refractivity contribution in [2.75, 3.05) is 19.6 Å². The van der Waals surface area contributed by atoms with Gasteiger partial charge in [0.25, 0.3) is 0 Å². The number of nitrogens with zero attached hydrogens (tertiary/aromatic N) is 2. The van der Waals surface area contributed by atoms with Gasteiger partial charge < -0.3 is 5.32 Å². The highest BCUT2D eigenvalue weighted by atomic mass is 19.1. The summed E-state index contributed by atoms with van der Waals surface area (Å²) >= 11 is 0. The van der Waals surface area contributed by atoms with E-state index in [1.807, 2.05) is 11.0 Å². The summed E-state index contributed by atoms with van der Waals surface area (Å²) in [5, 5.41) is 11.5. The van der Waals surface area contributed by atoms with Crippen molar-refractivity contribution < 1.29 is 9.18 Å². The van der Waals surface area contributed by atoms with Gasteiger partial charge in [0.05, 0.1) is 12.1 Å². The second-order valence-electron chi connectivity index (χ2n) is 4.30. The zero-order valence-electron chi connectivity index (χ0n) is 9.95. The van der Waals surface area contributed by atoms with E-state index in [0.717, 1.165) is 13.0 Å². The molecule has 0 unspecified atom stereocenters. The van der Waals surface area contributed by atoms with Gasteiger partial charge in [-0.2, -0.15) is 5.26 Å². The van der Waals surface area contributed by atoms with E-state index in [2.05, 4.69) is 5.32 Å². The number of carbonyl (C=O) groups excluding carboxylic acids is 1. The Morgan fingerprint density at radius 1 is 1.50 bits per heavy atom. The van der Waals surface area contributed by atoms with Crippen molar-refractivity contribution in [3.8, 4) is 6.07 Å². The van der Waals surface area contributed by atoms with Crippen LogP contribution in [0.1, 0.15) is 17.5 Å². The van der Waals surface area contributed by atoms with Crippen LogP contribution in [0, 0.1) is 17.1 Å². The third-order valence-electron chi connectivity index (χ3n) is 2.93. The average molecular weight is 247 g/mol. The molecule has 1 fully saturated rings. The highest BCUT2D eigenvalue weighted by Crippen LogP contribution is 2.14. The molecule has 5 heteroatoms. The van der Waals surface area contributed by atoms with Crippen LogP contribution in [0.4, 0.5) is 4.39 Å². The molecule has 0 atom stereocenters. The van der Waals surface area contributed by atoms with Crippen LogP contribution >= 0.6 is 0 Å². The number of rotatable bonds is 2. The van der Waals surface area contributed by atoms with Crippen molar-refractivity contribution in [3.05, 3.63) is 35.1 Å². The van der Waals surface area contributed by atoms with Crippen molar-refractivity contribution in [1.29, 1.82) is 5.26 Å². The molecule has 1 saturated heterocycles. The lowest BCUT2D eigenvalue weighted by molar-refractivity contribution is -0.121. The highest BCUT2D eigenvalue weighted by Gasteiger charge is 2.17. The number of benzene rings is 1. The van der Waals surface area contributed by atoms with Gasteiger partial charge in [0.1, 0.15) is 11.9 Å². The zero-order valence-corrected chi connectivity index (χ0v) is 9.95. The Hall–Kier alpha value is -1.93. The lowest BCUT2D eigenvalue weighted by Gasteiger charge is -2.18. The fraction of sp³-hybridized carbons (Fsp3) is 0.385. The van der Waals surface area contributed by atoms with Gasteiger partial charge in [-0.25, -0.2) is 4.39 Å². The molecule has 18 heavy (non-hydrogen) atoms. The molecule has 1 aromatic carbocycles. The molecule has 0 bridgehead atoms. The molecule has 0 saturated carbocycles. The number of nitrogens with one attached hydrogen (secondary N) is 1. The monoisotopic (exact) mass is 247 g/mol. The largest absolute Gasteiger partial charge is 0.355 e. The normalized spacial score (nSPS) is 16.8. The van der Waals surface area contributed by atoms with Crippen LogP contribution in [-0.4, -0.2) is 30.4 Å². The van der Waals surface area contributed by atoms with E-state index in [1.165, 1.54) is 6.07 Å². The van der Waals surface area contributed by atoms with Crippen LogP contribution in [0.2, 0.25) is 0 Å². The molecule has 0 spiro atoms. The minimum atomic E-state index is -0.482. The zero-order chi connectivity index (χ0) is 13.0. The number of hydrogen-bond donors (Lipinski definition) is 1. The topological polar surface area (TPSA) is 56.1 Å². The third-order valence-corrected chi connectivity index (χ3v) is 2.93. The standard InChI is InChI=1S/C13H14FN3O/c14-13-10(7-15)3-1-4-11(13)8-17-6-2-5-16-12(18)9-17/h1,3-4H,2,5-6,8-9H2,(H,16,18). The van der Waals surface area contributed by atoms with E-state index in [0.29, 0.717) is 18.7 Å². The fourth-order valence-corrected chi connectivity index (χ4v) is 2.03. The third kappa shape index (κ3) is 2.84. The second kappa shape index (κ2) is 5.61. The molecule has 4 nitrogen and oxygen atoms in total. The summed E-state index contributed by atoms with van der Waals surface area (Å²) in [7, 11) is 0. The van der Waals surface area contributed by atoms with Crippen LogP contribution in [0.3, 0.4) is 0 Å². The number of nitriles is 1. The minimum absolute atomic E-state index is 0.0376. The molecule has 0 aliphatic carbocycles. The smallest absolute Gasteiger partial charge is 0.234 e. The molecule has 0 aromatic heterocycles. The number of carbonyl (C=O) groups is 1. The predicted octanol–water partition coefficient (Wildman–Crippen LogP) is 1.02. The number of amides is 1. The van der Waals surface area contributed by atoms with Gasteiger partial charge in [0.15, 0.2) is 0 Å². The van der Waals surface area contributed by atoms with Crippen LogP contribution in [0.15, 0.2) is 18.2 Å². The van der Waals surface area contributed by atoms with E-state index in [1.54, 1.807) is 12.1 Å². The van der Waals surface area contributed by atoms with Gasteiger partial charge in [-0.05, 0) is 12.5 Å². The second-order valence-corrected chi connectivity index (χ2v) is 4.30. The first-order chi connectivity index (χ1) is 8.70. The quantitative estimate of drug-likeness (QED) is 0.849. The van der Waals surface area contributed by atoms with Crippen LogP contribution in [0.25, 0.3) is 0 Å². The van der Waals surface area contributed by atoms with E-state index in [4.69, 9.17) is 5.26 Å². The van der Waals surface area contributed by atoms with Crippen molar-refractivity contribution in [1.82, 2.24) is 10.2 Å². The van der Waals surface area contributed by atoms with Gasteiger partial charge >= 0.3 is 0 Å². The summed E-state index contributed by atoms with van der Waals surface area (Å²) < 4.78 is 13.9. The minimum Gasteiger partial charge on any atom is -0.355 e. The average Bonchev–Trinajstić information content (AvgIpc) is 2.56. The van der Waals surface area contributed by atoms with Crippen molar-refractivity contribution in [2.45, 2.75) is 13.0 Å². The highest BCUT2D eigenvalue weighted by molar-refractivity contribution is 5.78. The molecule has 1 aliphatic heterocycles. The Balaban J connectivity index is 2.13. The van der Waals surface area contributed by atoms with Gasteiger partial charge in [0, 0.05) is 25.2 Å². The molecule has 1 heterocycles. The Bertz CT molecular complexity index is 495. The Morgan fingerprint density at radius 2 is 2.33 bits per heavy atom. The van der Waals surface area contributed by atoms with Crippen molar-refractivity contribution in [3.63, 3.8) is 0 Å². The fourth-order valence-electron chi connectivity index (χ4n) is 2.03. The van der Waals surface area contributed by atoms with Crippen LogP contribution in [0.5, 0.6) is 0 Å².